The molecule has 22 heavy (non-hydrogen) atoms. The molecule has 1 N–H and O–H groups in total. The molecule has 0 radical (unpaired) electrons. The lowest BCUT2D eigenvalue weighted by atomic mass is 10.1. The maximum absolute atomic E-state index is 12.3. The number of hydrogen-bond donors (Lipinski definition) is 1. The Hall–Kier alpha value is -1.76. The van der Waals surface area contributed by atoms with Crippen molar-refractivity contribution in [2.24, 2.45) is 0 Å². The molecule has 2 rings (SSSR count). The summed E-state index contributed by atoms with van der Waals surface area (Å²) in [6, 6.07) is 13.3. The first-order valence-electron chi connectivity index (χ1n) is 6.98. The maximum atomic E-state index is 12.3. The van der Waals surface area contributed by atoms with Gasteiger partial charge in [-0.15, -0.1) is 0 Å². The highest BCUT2D eigenvalue weighted by Gasteiger charge is 2.15. The summed E-state index contributed by atoms with van der Waals surface area (Å²) >= 11 is 2.15. The number of hydrogen-bond acceptors (Lipinski definition) is 3. The van der Waals surface area contributed by atoms with Gasteiger partial charge in [0.25, 0.3) is 5.91 Å². The lowest BCUT2D eigenvalue weighted by Gasteiger charge is -2.13. The summed E-state index contributed by atoms with van der Waals surface area (Å²) in [4.78, 5) is 12.3. The minimum Gasteiger partial charge on any atom is -0.493 e. The lowest BCUT2D eigenvalue weighted by Crippen LogP contribution is -2.23. The Morgan fingerprint density at radius 3 is 2.59 bits per heavy atom. The van der Waals surface area contributed by atoms with E-state index in [1.165, 1.54) is 0 Å². The van der Waals surface area contributed by atoms with Gasteiger partial charge in [-0.1, -0.05) is 30.3 Å². The first kappa shape index (κ1) is 16.6. The molecule has 0 spiro atoms. The van der Waals surface area contributed by atoms with Gasteiger partial charge in [-0.3, -0.25) is 4.79 Å². The Morgan fingerprint density at radius 1 is 1.23 bits per heavy atom. The highest BCUT2D eigenvalue weighted by molar-refractivity contribution is 14.1. The third-order valence-electron chi connectivity index (χ3n) is 3.08. The van der Waals surface area contributed by atoms with E-state index in [-0.39, 0.29) is 5.91 Å². The molecular formula is C17H18INO3. The van der Waals surface area contributed by atoms with Gasteiger partial charge < -0.3 is 14.8 Å². The SMILES string of the molecule is CCOc1c(I)cc(C(=O)NCc2ccccc2)cc1OC. The molecule has 0 fully saturated rings. The van der Waals surface area contributed by atoms with Crippen molar-refractivity contribution in [1.82, 2.24) is 5.32 Å². The quantitative estimate of drug-likeness (QED) is 0.739. The van der Waals surface area contributed by atoms with Crippen LogP contribution in [0.1, 0.15) is 22.8 Å². The molecule has 0 aliphatic rings. The van der Waals surface area contributed by atoms with Crippen LogP contribution in [-0.2, 0) is 6.54 Å². The van der Waals surface area contributed by atoms with Crippen LogP contribution in [-0.4, -0.2) is 19.6 Å². The van der Waals surface area contributed by atoms with Crippen molar-refractivity contribution in [2.75, 3.05) is 13.7 Å². The molecule has 0 bridgehead atoms. The monoisotopic (exact) mass is 411 g/mol. The van der Waals surface area contributed by atoms with E-state index in [0.29, 0.717) is 30.2 Å². The van der Waals surface area contributed by atoms with Gasteiger partial charge in [0.15, 0.2) is 11.5 Å². The number of methoxy groups -OCH3 is 1. The highest BCUT2D eigenvalue weighted by Crippen LogP contribution is 2.33. The number of rotatable bonds is 6. The minimum absolute atomic E-state index is 0.136. The van der Waals surface area contributed by atoms with Crippen LogP contribution in [0.25, 0.3) is 0 Å². The topological polar surface area (TPSA) is 47.6 Å². The van der Waals surface area contributed by atoms with Crippen LogP contribution in [0.3, 0.4) is 0 Å². The van der Waals surface area contributed by atoms with Gasteiger partial charge in [0, 0.05) is 12.1 Å². The largest absolute Gasteiger partial charge is 0.493 e. The summed E-state index contributed by atoms with van der Waals surface area (Å²) in [6.45, 7) is 2.95. The molecule has 0 aliphatic heterocycles. The van der Waals surface area contributed by atoms with Crippen LogP contribution in [0.15, 0.2) is 42.5 Å². The van der Waals surface area contributed by atoms with E-state index in [2.05, 4.69) is 27.9 Å². The number of carbonyl (C=O) groups excluding carboxylic acids is 1. The van der Waals surface area contributed by atoms with Gasteiger partial charge >= 0.3 is 0 Å². The van der Waals surface area contributed by atoms with Crippen molar-refractivity contribution in [3.05, 3.63) is 57.2 Å². The standard InChI is InChI=1S/C17H18INO3/c1-3-22-16-14(18)9-13(10-15(16)21-2)17(20)19-11-12-7-5-4-6-8-12/h4-10H,3,11H2,1-2H3,(H,19,20). The first-order chi connectivity index (χ1) is 10.7. The second-order valence-electron chi connectivity index (χ2n) is 4.59. The van der Waals surface area contributed by atoms with E-state index in [9.17, 15) is 4.79 Å². The average molecular weight is 411 g/mol. The minimum atomic E-state index is -0.136. The smallest absolute Gasteiger partial charge is 0.251 e. The second-order valence-corrected chi connectivity index (χ2v) is 5.75. The van der Waals surface area contributed by atoms with Gasteiger partial charge in [0.1, 0.15) is 0 Å². The van der Waals surface area contributed by atoms with Crippen molar-refractivity contribution in [1.29, 1.82) is 0 Å². The predicted molar refractivity (Wildman–Crippen MR) is 94.5 cm³/mol. The number of halogens is 1. The number of benzene rings is 2. The van der Waals surface area contributed by atoms with Gasteiger partial charge in [0.2, 0.25) is 0 Å². The number of amides is 1. The molecule has 4 nitrogen and oxygen atoms in total. The number of ether oxygens (including phenoxy) is 2. The number of nitrogens with one attached hydrogen (secondary N) is 1. The predicted octanol–water partition coefficient (Wildman–Crippen LogP) is 3.63. The lowest BCUT2D eigenvalue weighted by molar-refractivity contribution is 0.0950. The molecule has 2 aromatic rings. The van der Waals surface area contributed by atoms with Crippen LogP contribution >= 0.6 is 22.6 Å². The molecule has 0 atom stereocenters. The third kappa shape index (κ3) is 4.13. The molecular weight excluding hydrogens is 393 g/mol. The van der Waals surface area contributed by atoms with Crippen molar-refractivity contribution in [3.63, 3.8) is 0 Å². The van der Waals surface area contributed by atoms with Gasteiger partial charge in [-0.25, -0.2) is 0 Å². The number of carbonyl (C=O) groups is 1. The molecule has 5 heteroatoms. The van der Waals surface area contributed by atoms with Crippen molar-refractivity contribution < 1.29 is 14.3 Å². The Morgan fingerprint density at radius 2 is 1.95 bits per heavy atom. The van der Waals surface area contributed by atoms with Crippen LogP contribution < -0.4 is 14.8 Å². The fourth-order valence-electron chi connectivity index (χ4n) is 2.02. The van der Waals surface area contributed by atoms with Crippen LogP contribution in [0.4, 0.5) is 0 Å². The highest BCUT2D eigenvalue weighted by atomic mass is 127. The molecule has 116 valence electrons. The molecule has 1 amide bonds. The Kier molecular flexibility index (Phi) is 6.06. The van der Waals surface area contributed by atoms with E-state index in [4.69, 9.17) is 9.47 Å². The summed E-state index contributed by atoms with van der Waals surface area (Å²) in [6.07, 6.45) is 0. The van der Waals surface area contributed by atoms with E-state index in [0.717, 1.165) is 9.13 Å². The van der Waals surface area contributed by atoms with Crippen molar-refractivity contribution in [3.8, 4) is 11.5 Å². The fourth-order valence-corrected chi connectivity index (χ4v) is 2.77. The molecule has 0 aliphatic carbocycles. The Balaban J connectivity index is 2.14. The van der Waals surface area contributed by atoms with Gasteiger partial charge in [0.05, 0.1) is 17.3 Å². The van der Waals surface area contributed by atoms with Crippen LogP contribution in [0.2, 0.25) is 0 Å². The van der Waals surface area contributed by atoms with E-state index < -0.39 is 0 Å². The molecule has 2 aromatic carbocycles. The fraction of sp³-hybridized carbons (Fsp3) is 0.235. The summed E-state index contributed by atoms with van der Waals surface area (Å²) in [5.74, 6) is 1.10. The Labute approximate surface area is 144 Å². The van der Waals surface area contributed by atoms with Gasteiger partial charge in [-0.2, -0.15) is 0 Å². The zero-order valence-electron chi connectivity index (χ0n) is 12.6. The van der Waals surface area contributed by atoms with Gasteiger partial charge in [-0.05, 0) is 47.2 Å². The second kappa shape index (κ2) is 8.03. The van der Waals surface area contributed by atoms with Crippen LogP contribution in [0.5, 0.6) is 11.5 Å². The zero-order chi connectivity index (χ0) is 15.9. The van der Waals surface area contributed by atoms with Crippen LogP contribution in [0, 0.1) is 3.57 Å². The van der Waals surface area contributed by atoms with Crippen molar-refractivity contribution in [2.45, 2.75) is 13.5 Å². The third-order valence-corrected chi connectivity index (χ3v) is 3.88. The van der Waals surface area contributed by atoms with E-state index >= 15 is 0 Å². The normalized spacial score (nSPS) is 10.1. The average Bonchev–Trinajstić information content (AvgIpc) is 2.55. The van der Waals surface area contributed by atoms with E-state index in [1.54, 1.807) is 19.2 Å². The summed E-state index contributed by atoms with van der Waals surface area (Å²) < 4.78 is 11.7. The molecule has 0 saturated carbocycles. The molecule has 0 unspecified atom stereocenters. The summed E-state index contributed by atoms with van der Waals surface area (Å²) in [5, 5.41) is 2.91. The first-order valence-corrected chi connectivity index (χ1v) is 8.06. The summed E-state index contributed by atoms with van der Waals surface area (Å²) in [5.41, 5.74) is 1.61. The molecule has 0 heterocycles. The summed E-state index contributed by atoms with van der Waals surface area (Å²) in [7, 11) is 1.57. The van der Waals surface area contributed by atoms with Crippen molar-refractivity contribution >= 4 is 28.5 Å². The zero-order valence-corrected chi connectivity index (χ0v) is 14.7. The molecule has 0 aromatic heterocycles. The van der Waals surface area contributed by atoms with E-state index in [1.807, 2.05) is 37.3 Å². The Bertz CT molecular complexity index is 644. The molecule has 0 saturated heterocycles. The maximum Gasteiger partial charge on any atom is 0.251 e.